The molecule has 7 heteroatoms. The number of guanidine groups is 1. The number of aliphatic imine (C=N–C) groups is 1. The van der Waals surface area contributed by atoms with Crippen molar-refractivity contribution in [3.63, 3.8) is 0 Å². The van der Waals surface area contributed by atoms with E-state index in [0.29, 0.717) is 27.8 Å². The molecule has 3 aromatic rings. The van der Waals surface area contributed by atoms with E-state index in [-0.39, 0.29) is 5.96 Å². The van der Waals surface area contributed by atoms with E-state index in [4.69, 9.17) is 27.8 Å². The second kappa shape index (κ2) is 7.11. The van der Waals surface area contributed by atoms with Crippen LogP contribution in [0.25, 0.3) is 5.69 Å². The number of para-hydroxylation sites is 1. The molecule has 1 aromatic heterocycles. The zero-order valence-electron chi connectivity index (χ0n) is 13.1. The van der Waals surface area contributed by atoms with Crippen LogP contribution < -0.4 is 16.2 Å². The number of nitrogens with zero attached hydrogens (tertiary/aromatic N) is 2. The summed E-state index contributed by atoms with van der Waals surface area (Å²) in [6.45, 7) is 0. The third-order valence-corrected chi connectivity index (χ3v) is 3.69. The lowest BCUT2D eigenvalue weighted by atomic mass is 10.1. The molecule has 1 heterocycles. The number of rotatable bonds is 4. The van der Waals surface area contributed by atoms with Crippen LogP contribution in [0.1, 0.15) is 10.4 Å². The van der Waals surface area contributed by atoms with Crippen LogP contribution >= 0.6 is 11.6 Å². The molecule has 0 bridgehead atoms. The first-order valence-electron chi connectivity index (χ1n) is 7.38. The summed E-state index contributed by atoms with van der Waals surface area (Å²) in [6.07, 6.45) is 3.67. The molecule has 0 unspecified atom stereocenters. The van der Waals surface area contributed by atoms with Crippen molar-refractivity contribution in [3.8, 4) is 17.2 Å². The van der Waals surface area contributed by atoms with Crippen molar-refractivity contribution < 1.29 is 9.53 Å². The number of halogens is 1. The highest BCUT2D eigenvalue weighted by molar-refractivity contribution is 6.32. The highest BCUT2D eigenvalue weighted by Gasteiger charge is 2.13. The molecule has 0 radical (unpaired) electrons. The molecule has 0 aliphatic rings. The van der Waals surface area contributed by atoms with Gasteiger partial charge in [-0.25, -0.2) is 0 Å². The first kappa shape index (κ1) is 16.6. The smallest absolute Gasteiger partial charge is 0.280 e. The summed E-state index contributed by atoms with van der Waals surface area (Å²) in [6, 6.07) is 15.8. The molecule has 0 aliphatic heterocycles. The van der Waals surface area contributed by atoms with Gasteiger partial charge in [-0.1, -0.05) is 23.7 Å². The SMILES string of the molecule is NC(N)=NC(=O)c1ccc(Oc2ccccc2Cl)c(-n2cccc2)c1. The molecule has 25 heavy (non-hydrogen) atoms. The normalized spacial score (nSPS) is 10.3. The third kappa shape index (κ3) is 3.81. The molecule has 0 fully saturated rings. The van der Waals surface area contributed by atoms with Crippen molar-refractivity contribution >= 4 is 23.5 Å². The lowest BCUT2D eigenvalue weighted by Gasteiger charge is -2.14. The number of ether oxygens (including phenoxy) is 1. The largest absolute Gasteiger partial charge is 0.454 e. The van der Waals surface area contributed by atoms with E-state index in [1.807, 2.05) is 41.2 Å². The second-order valence-corrected chi connectivity index (χ2v) is 5.55. The molecule has 0 atom stereocenters. The highest BCUT2D eigenvalue weighted by Crippen LogP contribution is 2.33. The number of hydrogen-bond acceptors (Lipinski definition) is 2. The summed E-state index contributed by atoms with van der Waals surface area (Å²) < 4.78 is 7.75. The Morgan fingerprint density at radius 1 is 1.00 bits per heavy atom. The summed E-state index contributed by atoms with van der Waals surface area (Å²) in [5.41, 5.74) is 11.5. The summed E-state index contributed by atoms with van der Waals surface area (Å²) in [4.78, 5) is 15.6. The van der Waals surface area contributed by atoms with Gasteiger partial charge >= 0.3 is 0 Å². The van der Waals surface area contributed by atoms with Crippen LogP contribution in [-0.4, -0.2) is 16.4 Å². The molecular formula is C18H15ClN4O2. The summed E-state index contributed by atoms with van der Waals surface area (Å²) in [5, 5.41) is 0.488. The van der Waals surface area contributed by atoms with Gasteiger partial charge in [-0.15, -0.1) is 0 Å². The van der Waals surface area contributed by atoms with E-state index >= 15 is 0 Å². The average Bonchev–Trinajstić information content (AvgIpc) is 3.11. The number of hydrogen-bond donors (Lipinski definition) is 2. The minimum atomic E-state index is -0.530. The zero-order chi connectivity index (χ0) is 17.8. The fourth-order valence-electron chi connectivity index (χ4n) is 2.26. The lowest BCUT2D eigenvalue weighted by molar-refractivity contribution is 0.100. The van der Waals surface area contributed by atoms with Crippen LogP contribution in [0.3, 0.4) is 0 Å². The lowest BCUT2D eigenvalue weighted by Crippen LogP contribution is -2.24. The fourth-order valence-corrected chi connectivity index (χ4v) is 2.44. The second-order valence-electron chi connectivity index (χ2n) is 5.15. The Hall–Kier alpha value is -3.25. The summed E-state index contributed by atoms with van der Waals surface area (Å²) in [7, 11) is 0. The number of carbonyl (C=O) groups excluding carboxylic acids is 1. The predicted octanol–water partition coefficient (Wildman–Crippen LogP) is 3.34. The van der Waals surface area contributed by atoms with Gasteiger partial charge in [-0.3, -0.25) is 4.79 Å². The van der Waals surface area contributed by atoms with E-state index in [0.717, 1.165) is 0 Å². The van der Waals surface area contributed by atoms with Gasteiger partial charge in [-0.2, -0.15) is 4.99 Å². The van der Waals surface area contributed by atoms with Gasteiger partial charge in [-0.05, 0) is 42.5 Å². The van der Waals surface area contributed by atoms with E-state index in [1.165, 1.54) is 0 Å². The van der Waals surface area contributed by atoms with Gasteiger partial charge in [0.1, 0.15) is 5.75 Å². The van der Waals surface area contributed by atoms with Crippen LogP contribution in [-0.2, 0) is 0 Å². The fraction of sp³-hybridized carbons (Fsp3) is 0. The minimum absolute atomic E-state index is 0.288. The molecule has 6 nitrogen and oxygen atoms in total. The van der Waals surface area contributed by atoms with E-state index in [9.17, 15) is 4.79 Å². The van der Waals surface area contributed by atoms with Crippen molar-refractivity contribution in [1.29, 1.82) is 0 Å². The van der Waals surface area contributed by atoms with Crippen LogP contribution in [0.5, 0.6) is 11.5 Å². The maximum atomic E-state index is 12.1. The molecule has 0 saturated carbocycles. The van der Waals surface area contributed by atoms with Crippen molar-refractivity contribution in [2.24, 2.45) is 16.5 Å². The molecule has 4 N–H and O–H groups in total. The van der Waals surface area contributed by atoms with Crippen LogP contribution in [0, 0.1) is 0 Å². The molecule has 0 saturated heterocycles. The number of nitrogens with two attached hydrogens (primary N) is 2. The Balaban J connectivity index is 2.05. The average molecular weight is 355 g/mol. The molecule has 2 aromatic carbocycles. The molecule has 1 amide bonds. The molecule has 126 valence electrons. The Morgan fingerprint density at radius 2 is 1.72 bits per heavy atom. The Morgan fingerprint density at radius 3 is 2.40 bits per heavy atom. The number of aromatic nitrogens is 1. The van der Waals surface area contributed by atoms with Crippen LogP contribution in [0.4, 0.5) is 0 Å². The maximum Gasteiger partial charge on any atom is 0.280 e. The van der Waals surface area contributed by atoms with E-state index < -0.39 is 5.91 Å². The monoisotopic (exact) mass is 354 g/mol. The number of carbonyl (C=O) groups is 1. The topological polar surface area (TPSA) is 95.6 Å². The van der Waals surface area contributed by atoms with Gasteiger partial charge in [0.15, 0.2) is 11.7 Å². The van der Waals surface area contributed by atoms with Crippen LogP contribution in [0.15, 0.2) is 72.0 Å². The minimum Gasteiger partial charge on any atom is -0.454 e. The van der Waals surface area contributed by atoms with E-state index in [1.54, 1.807) is 30.3 Å². The first-order chi connectivity index (χ1) is 12.0. The summed E-state index contributed by atoms with van der Waals surface area (Å²) in [5.74, 6) is 0.230. The maximum absolute atomic E-state index is 12.1. The number of benzene rings is 2. The molecule has 3 rings (SSSR count). The van der Waals surface area contributed by atoms with Gasteiger partial charge < -0.3 is 20.8 Å². The van der Waals surface area contributed by atoms with Crippen LogP contribution in [0.2, 0.25) is 5.02 Å². The molecule has 0 spiro atoms. The van der Waals surface area contributed by atoms with Crippen molar-refractivity contribution in [2.45, 2.75) is 0 Å². The first-order valence-corrected chi connectivity index (χ1v) is 7.76. The van der Waals surface area contributed by atoms with Gasteiger partial charge in [0.05, 0.1) is 10.7 Å². The Labute approximate surface area is 149 Å². The van der Waals surface area contributed by atoms with Crippen molar-refractivity contribution in [1.82, 2.24) is 4.57 Å². The van der Waals surface area contributed by atoms with E-state index in [2.05, 4.69) is 4.99 Å². The summed E-state index contributed by atoms with van der Waals surface area (Å²) >= 11 is 6.16. The van der Waals surface area contributed by atoms with Gasteiger partial charge in [0, 0.05) is 18.0 Å². The third-order valence-electron chi connectivity index (χ3n) is 3.38. The van der Waals surface area contributed by atoms with Gasteiger partial charge in [0.25, 0.3) is 5.91 Å². The standard InChI is InChI=1S/C18H15ClN4O2/c19-13-5-1-2-6-15(13)25-16-8-7-12(17(24)22-18(20)21)11-14(16)23-9-3-4-10-23/h1-11H,(H4,20,21,22,24). The van der Waals surface area contributed by atoms with Crippen molar-refractivity contribution in [3.05, 3.63) is 77.6 Å². The predicted molar refractivity (Wildman–Crippen MR) is 97.4 cm³/mol. The number of amides is 1. The molecule has 0 aliphatic carbocycles. The van der Waals surface area contributed by atoms with Crippen molar-refractivity contribution in [2.75, 3.05) is 0 Å². The Kier molecular flexibility index (Phi) is 4.72. The highest BCUT2D eigenvalue weighted by atomic mass is 35.5. The Bertz CT molecular complexity index is 932. The quantitative estimate of drug-likeness (QED) is 0.554. The van der Waals surface area contributed by atoms with Gasteiger partial charge in [0.2, 0.25) is 0 Å². The zero-order valence-corrected chi connectivity index (χ0v) is 13.9. The molecular weight excluding hydrogens is 340 g/mol.